The second-order valence-corrected chi connectivity index (χ2v) is 7.82. The molecular weight excluding hydrogens is 404 g/mol. The van der Waals surface area contributed by atoms with Crippen molar-refractivity contribution in [2.24, 2.45) is 0 Å². The lowest BCUT2D eigenvalue weighted by Crippen LogP contribution is -2.04. The molecule has 0 aliphatic carbocycles. The third kappa shape index (κ3) is 4.60. The van der Waals surface area contributed by atoms with E-state index < -0.39 is 0 Å². The molecule has 2 heterocycles. The van der Waals surface area contributed by atoms with Crippen LogP contribution in [0.3, 0.4) is 0 Å². The summed E-state index contributed by atoms with van der Waals surface area (Å²) in [6.45, 7) is 2.62. The van der Waals surface area contributed by atoms with Crippen LogP contribution in [0.4, 0.5) is 0 Å². The van der Waals surface area contributed by atoms with Gasteiger partial charge in [-0.05, 0) is 48.9 Å². The summed E-state index contributed by atoms with van der Waals surface area (Å²) < 4.78 is 7.88. The molecule has 5 nitrogen and oxygen atoms in total. The van der Waals surface area contributed by atoms with E-state index >= 15 is 0 Å². The second kappa shape index (κ2) is 9.11. The minimum atomic E-state index is 0.536. The maximum Gasteiger partial charge on any atom is 0.196 e. The summed E-state index contributed by atoms with van der Waals surface area (Å²) in [6.07, 6.45) is 3.55. The van der Waals surface area contributed by atoms with Crippen LogP contribution < -0.4 is 4.74 Å². The van der Waals surface area contributed by atoms with Crippen molar-refractivity contribution in [2.45, 2.75) is 12.1 Å². The Morgan fingerprint density at radius 3 is 2.72 bits per heavy atom. The van der Waals surface area contributed by atoms with Gasteiger partial charge in [-0.2, -0.15) is 0 Å². The van der Waals surface area contributed by atoms with Gasteiger partial charge in [0.15, 0.2) is 11.0 Å². The lowest BCUT2D eigenvalue weighted by atomic mass is 10.2. The number of para-hydroxylation sites is 1. The molecule has 0 aliphatic heterocycles. The molecule has 0 saturated carbocycles. The zero-order valence-corrected chi connectivity index (χ0v) is 17.4. The van der Waals surface area contributed by atoms with Crippen molar-refractivity contribution in [3.8, 4) is 22.8 Å². The fraction of sp³-hybridized carbons (Fsp3) is 0.136. The van der Waals surface area contributed by atoms with Crippen molar-refractivity contribution in [3.63, 3.8) is 0 Å². The molecule has 0 N–H and O–H groups in total. The number of ether oxygens (including phenoxy) is 1. The first-order valence-corrected chi connectivity index (χ1v) is 10.5. The van der Waals surface area contributed by atoms with Crippen molar-refractivity contribution < 1.29 is 4.74 Å². The number of hydrogen-bond acceptors (Lipinski definition) is 5. The van der Waals surface area contributed by atoms with E-state index in [2.05, 4.69) is 38.8 Å². The number of nitrogens with zero attached hydrogens (tertiary/aromatic N) is 4. The standard InChI is InChI=1S/C22H19ClN4OS/c1-16-6-2-3-10-20(16)27-21(17-7-5-11-24-15-17)25-26-22(27)29-13-12-28-19-9-4-8-18(23)14-19/h2-11,14-15H,12-13H2,1H3. The van der Waals surface area contributed by atoms with Gasteiger partial charge in [0, 0.05) is 28.7 Å². The average molecular weight is 423 g/mol. The first-order valence-electron chi connectivity index (χ1n) is 9.15. The maximum absolute atomic E-state index is 6.01. The van der Waals surface area contributed by atoms with Crippen molar-refractivity contribution >= 4 is 23.4 Å². The van der Waals surface area contributed by atoms with Crippen LogP contribution in [-0.2, 0) is 0 Å². The number of thioether (sulfide) groups is 1. The van der Waals surface area contributed by atoms with E-state index in [1.165, 1.54) is 0 Å². The number of hydrogen-bond donors (Lipinski definition) is 0. The molecule has 4 aromatic rings. The quantitative estimate of drug-likeness (QED) is 0.292. The van der Waals surface area contributed by atoms with Gasteiger partial charge in [0.05, 0.1) is 12.3 Å². The highest BCUT2D eigenvalue weighted by Crippen LogP contribution is 2.29. The molecule has 0 amide bonds. The highest BCUT2D eigenvalue weighted by atomic mass is 35.5. The van der Waals surface area contributed by atoms with Crippen molar-refractivity contribution in [3.05, 3.63) is 83.6 Å². The second-order valence-electron chi connectivity index (χ2n) is 6.32. The molecule has 2 aromatic carbocycles. The van der Waals surface area contributed by atoms with Gasteiger partial charge in [0.1, 0.15) is 5.75 Å². The van der Waals surface area contributed by atoms with Crippen molar-refractivity contribution in [2.75, 3.05) is 12.4 Å². The fourth-order valence-electron chi connectivity index (χ4n) is 2.93. The minimum Gasteiger partial charge on any atom is -0.493 e. The maximum atomic E-state index is 6.01. The largest absolute Gasteiger partial charge is 0.493 e. The predicted octanol–water partition coefficient (Wildman–Crippen LogP) is 5.46. The lowest BCUT2D eigenvalue weighted by Gasteiger charge is -2.13. The number of halogens is 1. The number of aromatic nitrogens is 4. The van der Waals surface area contributed by atoms with Gasteiger partial charge in [0.25, 0.3) is 0 Å². The molecule has 0 saturated heterocycles. The van der Waals surface area contributed by atoms with E-state index in [4.69, 9.17) is 16.3 Å². The van der Waals surface area contributed by atoms with Gasteiger partial charge in [-0.15, -0.1) is 10.2 Å². The highest BCUT2D eigenvalue weighted by molar-refractivity contribution is 7.99. The summed E-state index contributed by atoms with van der Waals surface area (Å²) in [4.78, 5) is 4.22. The van der Waals surface area contributed by atoms with Crippen LogP contribution in [0.25, 0.3) is 17.1 Å². The Hall–Kier alpha value is -2.83. The molecule has 146 valence electrons. The van der Waals surface area contributed by atoms with Crippen LogP contribution >= 0.6 is 23.4 Å². The molecular formula is C22H19ClN4OS. The lowest BCUT2D eigenvalue weighted by molar-refractivity contribution is 0.344. The van der Waals surface area contributed by atoms with E-state index in [9.17, 15) is 0 Å². The molecule has 4 rings (SSSR count). The molecule has 2 aromatic heterocycles. The Balaban J connectivity index is 1.57. The first-order chi connectivity index (χ1) is 14.2. The molecule has 0 atom stereocenters. The smallest absolute Gasteiger partial charge is 0.196 e. The minimum absolute atomic E-state index is 0.536. The predicted molar refractivity (Wildman–Crippen MR) is 117 cm³/mol. The summed E-state index contributed by atoms with van der Waals surface area (Å²) in [5, 5.41) is 10.4. The van der Waals surface area contributed by atoms with Crippen LogP contribution in [0, 0.1) is 6.92 Å². The van der Waals surface area contributed by atoms with E-state index in [-0.39, 0.29) is 0 Å². The normalized spacial score (nSPS) is 10.8. The molecule has 29 heavy (non-hydrogen) atoms. The molecule has 0 unspecified atom stereocenters. The summed E-state index contributed by atoms with van der Waals surface area (Å²) in [6, 6.07) is 19.5. The summed E-state index contributed by atoms with van der Waals surface area (Å²) in [5.74, 6) is 2.25. The van der Waals surface area contributed by atoms with E-state index in [1.807, 2.05) is 48.5 Å². The molecule has 0 spiro atoms. The topological polar surface area (TPSA) is 52.8 Å². The molecule has 0 fully saturated rings. The van der Waals surface area contributed by atoms with E-state index in [0.29, 0.717) is 11.6 Å². The number of rotatable bonds is 7. The van der Waals surface area contributed by atoms with Gasteiger partial charge < -0.3 is 4.74 Å². The van der Waals surface area contributed by atoms with Gasteiger partial charge in [0.2, 0.25) is 0 Å². The van der Waals surface area contributed by atoms with Crippen molar-refractivity contribution in [1.29, 1.82) is 0 Å². The first kappa shape index (κ1) is 19.5. The van der Waals surface area contributed by atoms with Gasteiger partial charge in [-0.1, -0.05) is 47.6 Å². The van der Waals surface area contributed by atoms with Crippen LogP contribution in [0.2, 0.25) is 5.02 Å². The zero-order chi connectivity index (χ0) is 20.1. The Morgan fingerprint density at radius 2 is 1.93 bits per heavy atom. The molecule has 0 bridgehead atoms. The number of benzene rings is 2. The summed E-state index contributed by atoms with van der Waals surface area (Å²) in [5.41, 5.74) is 3.12. The Morgan fingerprint density at radius 1 is 1.03 bits per heavy atom. The van der Waals surface area contributed by atoms with Crippen LogP contribution in [0.5, 0.6) is 5.75 Å². The van der Waals surface area contributed by atoms with Gasteiger partial charge in [-0.25, -0.2) is 0 Å². The summed E-state index contributed by atoms with van der Waals surface area (Å²) >= 11 is 7.61. The number of aryl methyl sites for hydroxylation is 1. The fourth-order valence-corrected chi connectivity index (χ4v) is 3.87. The molecule has 0 aliphatic rings. The van der Waals surface area contributed by atoms with Crippen LogP contribution in [0.15, 0.2) is 78.2 Å². The average Bonchev–Trinajstić information content (AvgIpc) is 3.16. The Kier molecular flexibility index (Phi) is 6.12. The molecule has 7 heteroatoms. The monoisotopic (exact) mass is 422 g/mol. The van der Waals surface area contributed by atoms with Gasteiger partial charge >= 0.3 is 0 Å². The van der Waals surface area contributed by atoms with E-state index in [1.54, 1.807) is 24.2 Å². The zero-order valence-electron chi connectivity index (χ0n) is 15.8. The SMILES string of the molecule is Cc1ccccc1-n1c(SCCOc2cccc(Cl)c2)nnc1-c1cccnc1. The summed E-state index contributed by atoms with van der Waals surface area (Å²) in [7, 11) is 0. The van der Waals surface area contributed by atoms with Crippen LogP contribution in [0.1, 0.15) is 5.56 Å². The Labute approximate surface area is 178 Å². The highest BCUT2D eigenvalue weighted by Gasteiger charge is 2.17. The van der Waals surface area contributed by atoms with E-state index in [0.717, 1.165) is 39.3 Å². The molecule has 0 radical (unpaired) electrons. The Bertz CT molecular complexity index is 1100. The third-order valence-corrected chi connectivity index (χ3v) is 5.42. The van der Waals surface area contributed by atoms with Crippen molar-refractivity contribution in [1.82, 2.24) is 19.7 Å². The third-order valence-electron chi connectivity index (χ3n) is 4.29. The number of pyridine rings is 1. The van der Waals surface area contributed by atoms with Crippen LogP contribution in [-0.4, -0.2) is 32.1 Å². The van der Waals surface area contributed by atoms with Gasteiger partial charge in [-0.3, -0.25) is 9.55 Å².